The SMILES string of the molecule is Cc1ccc(S(=O)(=O)NCc2cnn(C)c2C)cc1. The Kier molecular flexibility index (Phi) is 3.73. The van der Waals surface area contributed by atoms with Gasteiger partial charge in [0.1, 0.15) is 0 Å². The molecule has 102 valence electrons. The van der Waals surface area contributed by atoms with Gasteiger partial charge in [0, 0.05) is 24.8 Å². The molecule has 0 saturated heterocycles. The normalized spacial score (nSPS) is 11.7. The third kappa shape index (κ3) is 3.02. The van der Waals surface area contributed by atoms with Crippen molar-refractivity contribution in [3.05, 3.63) is 47.3 Å². The van der Waals surface area contributed by atoms with Crippen molar-refractivity contribution in [1.29, 1.82) is 0 Å². The average Bonchev–Trinajstić information content (AvgIpc) is 2.68. The Labute approximate surface area is 113 Å². The second kappa shape index (κ2) is 5.14. The third-order valence-corrected chi connectivity index (χ3v) is 4.54. The number of benzene rings is 1. The number of nitrogens with one attached hydrogen (secondary N) is 1. The summed E-state index contributed by atoms with van der Waals surface area (Å²) >= 11 is 0. The van der Waals surface area contributed by atoms with E-state index in [0.29, 0.717) is 0 Å². The lowest BCUT2D eigenvalue weighted by molar-refractivity contribution is 0.581. The van der Waals surface area contributed by atoms with Gasteiger partial charge in [-0.1, -0.05) is 17.7 Å². The maximum atomic E-state index is 12.1. The summed E-state index contributed by atoms with van der Waals surface area (Å²) in [5.41, 5.74) is 2.85. The highest BCUT2D eigenvalue weighted by molar-refractivity contribution is 7.89. The van der Waals surface area contributed by atoms with Crippen molar-refractivity contribution < 1.29 is 8.42 Å². The molecule has 0 aliphatic carbocycles. The van der Waals surface area contributed by atoms with Crippen molar-refractivity contribution in [1.82, 2.24) is 14.5 Å². The van der Waals surface area contributed by atoms with E-state index in [4.69, 9.17) is 0 Å². The fourth-order valence-electron chi connectivity index (χ4n) is 1.69. The summed E-state index contributed by atoms with van der Waals surface area (Å²) in [7, 11) is -1.64. The lowest BCUT2D eigenvalue weighted by Crippen LogP contribution is -2.23. The smallest absolute Gasteiger partial charge is 0.240 e. The van der Waals surface area contributed by atoms with Crippen molar-refractivity contribution in [3.63, 3.8) is 0 Å². The van der Waals surface area contributed by atoms with E-state index in [2.05, 4.69) is 9.82 Å². The van der Waals surface area contributed by atoms with Gasteiger partial charge in [-0.25, -0.2) is 13.1 Å². The molecule has 0 spiro atoms. The van der Waals surface area contributed by atoms with Gasteiger partial charge in [0.2, 0.25) is 10.0 Å². The van der Waals surface area contributed by atoms with Crippen molar-refractivity contribution >= 4 is 10.0 Å². The number of aromatic nitrogens is 2. The minimum absolute atomic E-state index is 0.246. The zero-order valence-electron chi connectivity index (χ0n) is 11.2. The van der Waals surface area contributed by atoms with Crippen molar-refractivity contribution in [2.75, 3.05) is 0 Å². The number of hydrogen-bond donors (Lipinski definition) is 1. The van der Waals surface area contributed by atoms with Gasteiger partial charge >= 0.3 is 0 Å². The Morgan fingerprint density at radius 3 is 2.37 bits per heavy atom. The molecule has 1 aromatic carbocycles. The Balaban J connectivity index is 2.14. The van der Waals surface area contributed by atoms with Gasteiger partial charge in [-0.3, -0.25) is 4.68 Å². The standard InChI is InChI=1S/C13H17N3O2S/c1-10-4-6-13(7-5-10)19(17,18)15-9-12-8-14-16(3)11(12)2/h4-8,15H,9H2,1-3H3. The second-order valence-corrected chi connectivity index (χ2v) is 6.28. The monoisotopic (exact) mass is 279 g/mol. The minimum Gasteiger partial charge on any atom is -0.273 e. The highest BCUT2D eigenvalue weighted by Gasteiger charge is 2.14. The summed E-state index contributed by atoms with van der Waals surface area (Å²) in [5.74, 6) is 0. The Bertz CT molecular complexity index is 672. The molecule has 0 atom stereocenters. The molecule has 6 heteroatoms. The average molecular weight is 279 g/mol. The van der Waals surface area contributed by atoms with Crippen LogP contribution in [0.4, 0.5) is 0 Å². The molecule has 1 N–H and O–H groups in total. The predicted octanol–water partition coefficient (Wildman–Crippen LogP) is 1.52. The number of hydrogen-bond acceptors (Lipinski definition) is 3. The van der Waals surface area contributed by atoms with Crippen LogP contribution in [0.3, 0.4) is 0 Å². The molecule has 2 rings (SSSR count). The van der Waals surface area contributed by atoms with Crippen LogP contribution in [-0.2, 0) is 23.6 Å². The van der Waals surface area contributed by atoms with Crippen molar-refractivity contribution in [3.8, 4) is 0 Å². The van der Waals surface area contributed by atoms with E-state index in [0.717, 1.165) is 16.8 Å². The first-order valence-corrected chi connectivity index (χ1v) is 7.42. The summed E-state index contributed by atoms with van der Waals surface area (Å²) in [6.45, 7) is 4.07. The van der Waals surface area contributed by atoms with Gasteiger partial charge < -0.3 is 0 Å². The van der Waals surface area contributed by atoms with Gasteiger partial charge in [0.15, 0.2) is 0 Å². The Morgan fingerprint density at radius 1 is 1.21 bits per heavy atom. The minimum atomic E-state index is -3.47. The lowest BCUT2D eigenvalue weighted by Gasteiger charge is -2.07. The van der Waals surface area contributed by atoms with Gasteiger partial charge in [-0.15, -0.1) is 0 Å². The Morgan fingerprint density at radius 2 is 1.84 bits per heavy atom. The lowest BCUT2D eigenvalue weighted by atomic mass is 10.2. The largest absolute Gasteiger partial charge is 0.273 e. The van der Waals surface area contributed by atoms with Crippen LogP contribution < -0.4 is 4.72 Å². The summed E-state index contributed by atoms with van der Waals surface area (Å²) in [6, 6.07) is 6.77. The maximum Gasteiger partial charge on any atom is 0.240 e. The molecule has 0 saturated carbocycles. The van der Waals surface area contributed by atoms with Crippen LogP contribution in [0.5, 0.6) is 0 Å². The highest BCUT2D eigenvalue weighted by Crippen LogP contribution is 2.11. The quantitative estimate of drug-likeness (QED) is 0.922. The number of sulfonamides is 1. The van der Waals surface area contributed by atoms with E-state index in [1.165, 1.54) is 0 Å². The van der Waals surface area contributed by atoms with Crippen LogP contribution in [0.25, 0.3) is 0 Å². The molecule has 19 heavy (non-hydrogen) atoms. The molecule has 2 aromatic rings. The third-order valence-electron chi connectivity index (χ3n) is 3.12. The molecular formula is C13H17N3O2S. The molecule has 0 radical (unpaired) electrons. The molecular weight excluding hydrogens is 262 g/mol. The highest BCUT2D eigenvalue weighted by atomic mass is 32.2. The summed E-state index contributed by atoms with van der Waals surface area (Å²) < 4.78 is 28.5. The van der Waals surface area contributed by atoms with Crippen LogP contribution in [0.1, 0.15) is 16.8 Å². The number of nitrogens with zero attached hydrogens (tertiary/aromatic N) is 2. The van der Waals surface area contributed by atoms with Crippen LogP contribution in [-0.4, -0.2) is 18.2 Å². The zero-order chi connectivity index (χ0) is 14.0. The maximum absolute atomic E-state index is 12.1. The summed E-state index contributed by atoms with van der Waals surface area (Å²) in [5, 5.41) is 4.08. The zero-order valence-corrected chi connectivity index (χ0v) is 12.0. The number of aryl methyl sites for hydroxylation is 2. The molecule has 0 unspecified atom stereocenters. The topological polar surface area (TPSA) is 64.0 Å². The van der Waals surface area contributed by atoms with Gasteiger partial charge in [-0.2, -0.15) is 5.10 Å². The van der Waals surface area contributed by atoms with Crippen LogP contribution in [0.15, 0.2) is 35.4 Å². The molecule has 5 nitrogen and oxygen atoms in total. The number of rotatable bonds is 4. The predicted molar refractivity (Wildman–Crippen MR) is 73.1 cm³/mol. The van der Waals surface area contributed by atoms with Crippen LogP contribution >= 0.6 is 0 Å². The molecule has 0 aliphatic rings. The first kappa shape index (κ1) is 13.8. The van der Waals surface area contributed by atoms with E-state index in [1.807, 2.05) is 20.9 Å². The van der Waals surface area contributed by atoms with E-state index in [-0.39, 0.29) is 11.4 Å². The molecule has 0 fully saturated rings. The van der Waals surface area contributed by atoms with Crippen LogP contribution in [0, 0.1) is 13.8 Å². The van der Waals surface area contributed by atoms with Crippen LogP contribution in [0.2, 0.25) is 0 Å². The Hall–Kier alpha value is -1.66. The first-order valence-electron chi connectivity index (χ1n) is 5.94. The van der Waals surface area contributed by atoms with Crippen molar-refractivity contribution in [2.45, 2.75) is 25.3 Å². The molecule has 0 amide bonds. The van der Waals surface area contributed by atoms with E-state index in [1.54, 1.807) is 35.1 Å². The van der Waals surface area contributed by atoms with Gasteiger partial charge in [-0.05, 0) is 26.0 Å². The molecule has 1 aromatic heterocycles. The van der Waals surface area contributed by atoms with E-state index in [9.17, 15) is 8.42 Å². The fraction of sp³-hybridized carbons (Fsp3) is 0.308. The molecule has 0 bridgehead atoms. The van der Waals surface area contributed by atoms with E-state index < -0.39 is 10.0 Å². The van der Waals surface area contributed by atoms with Crippen molar-refractivity contribution in [2.24, 2.45) is 7.05 Å². The first-order chi connectivity index (χ1) is 8.90. The van der Waals surface area contributed by atoms with E-state index >= 15 is 0 Å². The molecule has 1 heterocycles. The summed E-state index contributed by atoms with van der Waals surface area (Å²) in [6.07, 6.45) is 1.67. The van der Waals surface area contributed by atoms with Gasteiger partial charge in [0.05, 0.1) is 11.1 Å². The molecule has 0 aliphatic heterocycles. The fourth-order valence-corrected chi connectivity index (χ4v) is 2.70. The summed E-state index contributed by atoms with van der Waals surface area (Å²) in [4.78, 5) is 0.277. The van der Waals surface area contributed by atoms with Gasteiger partial charge in [0.25, 0.3) is 0 Å². The second-order valence-electron chi connectivity index (χ2n) is 4.52.